The number of carbonyl (C=O) groups is 1. The molecule has 0 heterocycles. The lowest BCUT2D eigenvalue weighted by Gasteiger charge is -2.23. The van der Waals surface area contributed by atoms with E-state index >= 15 is 0 Å². The molecule has 1 amide bonds. The van der Waals surface area contributed by atoms with Crippen LogP contribution in [0.3, 0.4) is 0 Å². The number of nitrogens with one attached hydrogen (secondary N) is 1. The van der Waals surface area contributed by atoms with E-state index in [1.807, 2.05) is 0 Å². The lowest BCUT2D eigenvalue weighted by Crippen LogP contribution is -2.37. The second-order valence-electron chi connectivity index (χ2n) is 5.32. The molecule has 2 N–H and O–H groups in total. The van der Waals surface area contributed by atoms with Crippen molar-refractivity contribution in [3.8, 4) is 0 Å². The van der Waals surface area contributed by atoms with Crippen LogP contribution in [0.2, 0.25) is 0 Å². The molecule has 0 saturated carbocycles. The van der Waals surface area contributed by atoms with Crippen molar-refractivity contribution in [3.63, 3.8) is 0 Å². The third-order valence-corrected chi connectivity index (χ3v) is 2.56. The second-order valence-corrected chi connectivity index (χ2v) is 6.74. The lowest BCUT2D eigenvalue weighted by atomic mass is 10.3. The van der Waals surface area contributed by atoms with Crippen molar-refractivity contribution in [2.75, 3.05) is 34.2 Å². The van der Waals surface area contributed by atoms with Crippen molar-refractivity contribution in [1.82, 2.24) is 5.32 Å². The van der Waals surface area contributed by atoms with Crippen LogP contribution in [0.1, 0.15) is 13.3 Å². The fraction of sp³-hybridized carbons (Fsp3) is 0.727. The molecule has 0 radical (unpaired) electrons. The molecule has 0 aliphatic rings. The Kier molecular flexibility index (Phi) is 8.81. The first-order chi connectivity index (χ1) is 9.08. The van der Waals surface area contributed by atoms with Crippen LogP contribution < -0.4 is 5.32 Å². The molecule has 0 spiro atoms. The average Bonchev–Trinajstić information content (AvgIpc) is 2.20. The molecule has 0 aromatic heterocycles. The summed E-state index contributed by atoms with van der Waals surface area (Å²) < 4.78 is 58.5. The van der Waals surface area contributed by atoms with Crippen molar-refractivity contribution < 1.29 is 35.4 Å². The van der Waals surface area contributed by atoms with Crippen molar-refractivity contribution >= 4 is 16.0 Å². The first kappa shape index (κ1) is 22.2. The van der Waals surface area contributed by atoms with Gasteiger partial charge in [-0.05, 0) is 6.92 Å². The van der Waals surface area contributed by atoms with Crippen LogP contribution in [0.4, 0.5) is 13.2 Å². The van der Waals surface area contributed by atoms with Crippen molar-refractivity contribution in [1.29, 1.82) is 0 Å². The summed E-state index contributed by atoms with van der Waals surface area (Å²) in [5.41, 5.74) is -4.96. The molecule has 0 aliphatic heterocycles. The van der Waals surface area contributed by atoms with E-state index in [0.29, 0.717) is 5.57 Å². The van der Waals surface area contributed by atoms with Crippen LogP contribution in [0.15, 0.2) is 12.2 Å². The summed E-state index contributed by atoms with van der Waals surface area (Å²) in [6, 6.07) is 0. The van der Waals surface area contributed by atoms with Crippen molar-refractivity contribution in [2.24, 2.45) is 0 Å². The summed E-state index contributed by atoms with van der Waals surface area (Å²) in [5, 5.41) is 2.81. The molecule has 0 bridgehead atoms. The van der Waals surface area contributed by atoms with Gasteiger partial charge in [-0.2, -0.15) is 21.6 Å². The molecule has 0 saturated heterocycles. The Labute approximate surface area is 123 Å². The molecule has 0 fully saturated rings. The number of alkyl halides is 3. The third kappa shape index (κ3) is 13.6. The van der Waals surface area contributed by atoms with E-state index in [1.165, 1.54) is 0 Å². The Morgan fingerprint density at radius 1 is 1.29 bits per heavy atom. The van der Waals surface area contributed by atoms with E-state index in [-0.39, 0.29) is 5.91 Å². The van der Waals surface area contributed by atoms with Gasteiger partial charge < -0.3 is 9.80 Å². The van der Waals surface area contributed by atoms with Gasteiger partial charge in [-0.15, -0.1) is 0 Å². The number of carbonyl (C=O) groups excluding carboxylic acids is 1. The minimum absolute atomic E-state index is 0.0404. The predicted molar refractivity (Wildman–Crippen MR) is 72.9 cm³/mol. The summed E-state index contributed by atoms with van der Waals surface area (Å²) in [5.74, 6) is -0.0404. The second kappa shape index (κ2) is 8.35. The predicted octanol–water partition coefficient (Wildman–Crippen LogP) is 1.17. The zero-order valence-electron chi connectivity index (χ0n) is 12.5. The largest absolute Gasteiger partial charge is 0.522 e. The molecule has 0 unspecified atom stereocenters. The van der Waals surface area contributed by atoms with Crippen LogP contribution in [-0.2, 0) is 14.9 Å². The maximum atomic E-state index is 11.1. The van der Waals surface area contributed by atoms with Gasteiger partial charge in [-0.3, -0.25) is 9.35 Å². The Bertz CT molecular complexity index is 453. The molecule has 0 atom stereocenters. The van der Waals surface area contributed by atoms with Crippen LogP contribution in [0.5, 0.6) is 0 Å². The molecule has 6 nitrogen and oxygen atoms in total. The normalized spacial score (nSPS) is 12.2. The SMILES string of the molecule is C=C(C)C(=O)NCCC[N+](C)(C)C.O=S(=O)(O)C(F)(F)F. The van der Waals surface area contributed by atoms with Gasteiger partial charge >= 0.3 is 15.6 Å². The highest BCUT2D eigenvalue weighted by Gasteiger charge is 2.44. The number of hydrogen-bond acceptors (Lipinski definition) is 3. The molecular formula is C11H22F3N2O4S+. The average molecular weight is 335 g/mol. The highest BCUT2D eigenvalue weighted by Crippen LogP contribution is 2.20. The standard InChI is InChI=1S/C10H20N2O.CHF3O3S/c1-9(2)10(13)11-7-6-8-12(3,4)5;2-1(3,4)8(5,6)7/h1,6-8H2,2-5H3;(H,5,6,7)/p+1. The molecule has 0 aliphatic carbocycles. The number of nitrogens with zero attached hydrogens (tertiary/aromatic N) is 1. The summed E-state index contributed by atoms with van der Waals surface area (Å²) in [4.78, 5) is 11.1. The number of amides is 1. The molecule has 0 aromatic carbocycles. The minimum atomic E-state index is -5.84. The van der Waals surface area contributed by atoms with Gasteiger partial charge in [0.1, 0.15) is 0 Å². The molecule has 0 rings (SSSR count). The van der Waals surface area contributed by atoms with Crippen LogP contribution in [0, 0.1) is 0 Å². The smallest absolute Gasteiger partial charge is 0.352 e. The minimum Gasteiger partial charge on any atom is -0.352 e. The van der Waals surface area contributed by atoms with E-state index in [0.717, 1.165) is 24.0 Å². The highest BCUT2D eigenvalue weighted by atomic mass is 32.2. The highest BCUT2D eigenvalue weighted by molar-refractivity contribution is 7.86. The van der Waals surface area contributed by atoms with Gasteiger partial charge in [0.2, 0.25) is 5.91 Å². The van der Waals surface area contributed by atoms with Gasteiger partial charge in [-0.25, -0.2) is 0 Å². The van der Waals surface area contributed by atoms with E-state index < -0.39 is 15.6 Å². The fourth-order valence-corrected chi connectivity index (χ4v) is 0.906. The van der Waals surface area contributed by atoms with Crippen LogP contribution >= 0.6 is 0 Å². The van der Waals surface area contributed by atoms with Gasteiger partial charge in [0.25, 0.3) is 0 Å². The first-order valence-corrected chi connectivity index (χ1v) is 7.30. The van der Waals surface area contributed by atoms with Gasteiger partial charge in [-0.1, -0.05) is 6.58 Å². The zero-order chi connectivity index (χ0) is 17.5. The fourth-order valence-electron chi connectivity index (χ4n) is 0.906. The molecule has 10 heteroatoms. The van der Waals surface area contributed by atoms with Crippen LogP contribution in [0.25, 0.3) is 0 Å². The Morgan fingerprint density at radius 2 is 1.67 bits per heavy atom. The molecule has 21 heavy (non-hydrogen) atoms. The van der Waals surface area contributed by atoms with Crippen molar-refractivity contribution in [2.45, 2.75) is 18.9 Å². The van der Waals surface area contributed by atoms with Crippen molar-refractivity contribution in [3.05, 3.63) is 12.2 Å². The van der Waals surface area contributed by atoms with E-state index in [4.69, 9.17) is 13.0 Å². The molecule has 0 aromatic rings. The lowest BCUT2D eigenvalue weighted by molar-refractivity contribution is -0.870. The van der Waals surface area contributed by atoms with E-state index in [2.05, 4.69) is 33.0 Å². The van der Waals surface area contributed by atoms with E-state index in [1.54, 1.807) is 6.92 Å². The Morgan fingerprint density at radius 3 is 1.90 bits per heavy atom. The summed E-state index contributed by atoms with van der Waals surface area (Å²) in [7, 11) is 0.578. The maximum absolute atomic E-state index is 11.1. The molecule has 126 valence electrons. The summed E-state index contributed by atoms with van der Waals surface area (Å²) in [6.45, 7) is 7.09. The van der Waals surface area contributed by atoms with Crippen LogP contribution in [-0.4, -0.2) is 63.1 Å². The van der Waals surface area contributed by atoms with Gasteiger partial charge in [0, 0.05) is 18.5 Å². The summed E-state index contributed by atoms with van der Waals surface area (Å²) in [6.07, 6.45) is 1.00. The number of hydrogen-bond donors (Lipinski definition) is 2. The Balaban J connectivity index is 0. The number of quaternary nitrogens is 1. The van der Waals surface area contributed by atoms with Gasteiger partial charge in [0.15, 0.2) is 0 Å². The number of rotatable bonds is 5. The first-order valence-electron chi connectivity index (χ1n) is 5.86. The third-order valence-electron chi connectivity index (χ3n) is 1.97. The van der Waals surface area contributed by atoms with E-state index in [9.17, 15) is 18.0 Å². The molecular weight excluding hydrogens is 313 g/mol. The topological polar surface area (TPSA) is 83.5 Å². The quantitative estimate of drug-likeness (QED) is 0.260. The zero-order valence-corrected chi connectivity index (χ0v) is 13.3. The van der Waals surface area contributed by atoms with Gasteiger partial charge in [0.05, 0.1) is 27.7 Å². The monoisotopic (exact) mass is 335 g/mol. The Hall–Kier alpha value is -1.13. The number of halogens is 3. The summed E-state index contributed by atoms with van der Waals surface area (Å²) >= 11 is 0. The maximum Gasteiger partial charge on any atom is 0.522 e.